The van der Waals surface area contributed by atoms with E-state index >= 15 is 0 Å². The van der Waals surface area contributed by atoms with Gasteiger partial charge in [-0.15, -0.1) is 59.4 Å². The van der Waals surface area contributed by atoms with Gasteiger partial charge in [-0.1, -0.05) is 0 Å². The summed E-state index contributed by atoms with van der Waals surface area (Å²) in [5, 5.41) is 0. The average Bonchev–Trinajstić information content (AvgIpc) is 2.33. The highest BCUT2D eigenvalue weighted by Crippen LogP contribution is 2.16. The Labute approximate surface area is 91.9 Å². The van der Waals surface area contributed by atoms with E-state index in [1.54, 1.807) is 16.8 Å². The van der Waals surface area contributed by atoms with E-state index in [1.165, 1.54) is 0 Å². The van der Waals surface area contributed by atoms with E-state index in [0.717, 1.165) is 10.6 Å². The Bertz CT molecular complexity index is 172. The molecular formula is C5H7Cl4NS. The highest BCUT2D eigenvalue weighted by molar-refractivity contribution is 7.10. The molecular weight excluding hydrogens is 248 g/mol. The Morgan fingerprint density at radius 1 is 1.27 bits per heavy atom. The predicted octanol–water partition coefficient (Wildman–Crippen LogP) is 3.46. The van der Waals surface area contributed by atoms with Crippen molar-refractivity contribution in [3.8, 4) is 0 Å². The number of rotatable bonds is 2. The molecule has 0 aliphatic carbocycles. The van der Waals surface area contributed by atoms with Crippen molar-refractivity contribution >= 4 is 59.4 Å². The summed E-state index contributed by atoms with van der Waals surface area (Å²) >= 11 is 12.6. The normalized spacial score (nSPS) is 8.18. The van der Waals surface area contributed by atoms with Gasteiger partial charge in [0.05, 0.1) is 23.0 Å². The second-order valence-corrected chi connectivity index (χ2v) is 2.96. The number of aromatic nitrogens is 1. The lowest BCUT2D eigenvalue weighted by Gasteiger charge is -1.88. The van der Waals surface area contributed by atoms with Gasteiger partial charge in [-0.2, -0.15) is 0 Å². The largest absolute Gasteiger partial charge is 0.248 e. The van der Waals surface area contributed by atoms with Gasteiger partial charge in [0.25, 0.3) is 0 Å². The molecule has 0 aliphatic heterocycles. The van der Waals surface area contributed by atoms with E-state index in [2.05, 4.69) is 4.98 Å². The molecule has 0 aliphatic rings. The Morgan fingerprint density at radius 3 is 2.27 bits per heavy atom. The number of hydrogen-bond acceptors (Lipinski definition) is 2. The summed E-state index contributed by atoms with van der Waals surface area (Å²) in [5.74, 6) is 0.984. The zero-order chi connectivity index (χ0) is 6.69. The first-order valence-electron chi connectivity index (χ1n) is 2.41. The fraction of sp³-hybridized carbons (Fsp3) is 0.400. The first kappa shape index (κ1) is 14.3. The van der Waals surface area contributed by atoms with Crippen LogP contribution in [0.4, 0.5) is 0 Å². The van der Waals surface area contributed by atoms with Gasteiger partial charge in [-0.3, -0.25) is 0 Å². The summed E-state index contributed by atoms with van der Waals surface area (Å²) < 4.78 is 0. The summed E-state index contributed by atoms with van der Waals surface area (Å²) in [6.07, 6.45) is 0. The molecule has 0 saturated carbocycles. The maximum absolute atomic E-state index is 5.56. The van der Waals surface area contributed by atoms with Crippen LogP contribution in [0.2, 0.25) is 0 Å². The quantitative estimate of drug-likeness (QED) is 0.737. The zero-order valence-electron chi connectivity index (χ0n) is 5.42. The van der Waals surface area contributed by atoms with Gasteiger partial charge >= 0.3 is 0 Å². The monoisotopic (exact) mass is 253 g/mol. The SMILES string of the molecule is Cl.Cl.ClCc1ncsc1CCl. The van der Waals surface area contributed by atoms with Gasteiger partial charge < -0.3 is 0 Å². The van der Waals surface area contributed by atoms with E-state index in [9.17, 15) is 0 Å². The second-order valence-electron chi connectivity index (χ2n) is 1.49. The Hall–Kier alpha value is 0.790. The highest BCUT2D eigenvalue weighted by atomic mass is 35.5. The van der Waals surface area contributed by atoms with E-state index in [4.69, 9.17) is 23.2 Å². The van der Waals surface area contributed by atoms with Crippen molar-refractivity contribution < 1.29 is 0 Å². The highest BCUT2D eigenvalue weighted by Gasteiger charge is 2.01. The number of nitrogens with zero attached hydrogens (tertiary/aromatic N) is 1. The van der Waals surface area contributed by atoms with Crippen molar-refractivity contribution in [1.82, 2.24) is 4.98 Å². The summed E-state index contributed by atoms with van der Waals surface area (Å²) in [7, 11) is 0. The fourth-order valence-electron chi connectivity index (χ4n) is 0.511. The van der Waals surface area contributed by atoms with Crippen molar-refractivity contribution in [1.29, 1.82) is 0 Å². The molecule has 0 radical (unpaired) electrons. The van der Waals surface area contributed by atoms with Gasteiger partial charge in [-0.05, 0) is 0 Å². The molecule has 66 valence electrons. The molecule has 0 aromatic carbocycles. The number of halogens is 4. The van der Waals surface area contributed by atoms with Gasteiger partial charge in [0.1, 0.15) is 0 Å². The molecule has 0 bridgehead atoms. The number of alkyl halides is 2. The van der Waals surface area contributed by atoms with Crippen molar-refractivity contribution in [2.45, 2.75) is 11.8 Å². The van der Waals surface area contributed by atoms with Crippen LogP contribution in [-0.2, 0) is 11.8 Å². The minimum absolute atomic E-state index is 0. The number of hydrogen-bond donors (Lipinski definition) is 0. The van der Waals surface area contributed by atoms with Crippen molar-refractivity contribution in [2.24, 2.45) is 0 Å². The first-order valence-corrected chi connectivity index (χ1v) is 4.36. The van der Waals surface area contributed by atoms with Crippen molar-refractivity contribution in [2.75, 3.05) is 0 Å². The van der Waals surface area contributed by atoms with Crippen LogP contribution >= 0.6 is 59.4 Å². The molecule has 0 saturated heterocycles. The van der Waals surface area contributed by atoms with Crippen LogP contribution in [0.25, 0.3) is 0 Å². The van der Waals surface area contributed by atoms with Crippen LogP contribution in [0.1, 0.15) is 10.6 Å². The Morgan fingerprint density at radius 2 is 1.91 bits per heavy atom. The molecule has 0 spiro atoms. The molecule has 1 aromatic rings. The maximum atomic E-state index is 5.56. The van der Waals surface area contributed by atoms with Gasteiger partial charge in [-0.25, -0.2) is 4.98 Å². The van der Waals surface area contributed by atoms with E-state index < -0.39 is 0 Å². The lowest BCUT2D eigenvalue weighted by atomic mass is 10.4. The average molecular weight is 255 g/mol. The molecule has 6 heteroatoms. The number of thiazole rings is 1. The minimum atomic E-state index is 0. The Kier molecular flexibility index (Phi) is 9.69. The Balaban J connectivity index is 0. The standard InChI is InChI=1S/C5H5Cl2NS.2ClH/c6-1-4-5(2-7)9-3-8-4;;/h3H,1-2H2;2*1H. The topological polar surface area (TPSA) is 12.9 Å². The first-order chi connectivity index (χ1) is 4.38. The van der Waals surface area contributed by atoms with Crippen LogP contribution in [-0.4, -0.2) is 4.98 Å². The van der Waals surface area contributed by atoms with E-state index in [-0.39, 0.29) is 24.8 Å². The molecule has 1 rings (SSSR count). The molecule has 0 fully saturated rings. The van der Waals surface area contributed by atoms with Crippen molar-refractivity contribution in [3.05, 3.63) is 16.1 Å². The minimum Gasteiger partial charge on any atom is -0.248 e. The smallest absolute Gasteiger partial charge is 0.0798 e. The van der Waals surface area contributed by atoms with Crippen LogP contribution in [0.3, 0.4) is 0 Å². The third-order valence-electron chi connectivity index (χ3n) is 0.973. The zero-order valence-corrected chi connectivity index (χ0v) is 9.38. The third-order valence-corrected chi connectivity index (χ3v) is 2.53. The summed E-state index contributed by atoms with van der Waals surface area (Å²) in [6, 6.07) is 0. The molecule has 0 N–H and O–H groups in total. The maximum Gasteiger partial charge on any atom is 0.0798 e. The van der Waals surface area contributed by atoms with Gasteiger partial charge in [0, 0.05) is 4.88 Å². The predicted molar refractivity (Wildman–Crippen MR) is 55.7 cm³/mol. The third kappa shape index (κ3) is 3.81. The molecule has 1 nitrogen and oxygen atoms in total. The van der Waals surface area contributed by atoms with Crippen molar-refractivity contribution in [3.63, 3.8) is 0 Å². The van der Waals surface area contributed by atoms with Gasteiger partial charge in [0.15, 0.2) is 0 Å². The van der Waals surface area contributed by atoms with Crippen LogP contribution < -0.4 is 0 Å². The fourth-order valence-corrected chi connectivity index (χ4v) is 1.80. The van der Waals surface area contributed by atoms with Gasteiger partial charge in [0.2, 0.25) is 0 Å². The molecule has 1 aromatic heterocycles. The molecule has 1 heterocycles. The summed E-state index contributed by atoms with van der Waals surface area (Å²) in [6.45, 7) is 0. The molecule has 0 atom stereocenters. The van der Waals surface area contributed by atoms with Crippen LogP contribution in [0.15, 0.2) is 5.51 Å². The van der Waals surface area contributed by atoms with E-state index in [1.807, 2.05) is 0 Å². The summed E-state index contributed by atoms with van der Waals surface area (Å²) in [4.78, 5) is 5.08. The molecule has 11 heavy (non-hydrogen) atoms. The molecule has 0 amide bonds. The lowest BCUT2D eigenvalue weighted by Crippen LogP contribution is -1.81. The second kappa shape index (κ2) is 7.44. The summed E-state index contributed by atoms with van der Waals surface area (Å²) in [5.41, 5.74) is 2.67. The van der Waals surface area contributed by atoms with Crippen LogP contribution in [0, 0.1) is 0 Å². The van der Waals surface area contributed by atoms with Crippen LogP contribution in [0.5, 0.6) is 0 Å². The lowest BCUT2D eigenvalue weighted by molar-refractivity contribution is 1.18. The molecule has 0 unspecified atom stereocenters. The van der Waals surface area contributed by atoms with E-state index in [0.29, 0.717) is 11.8 Å².